The normalized spacial score (nSPS) is 27.7. The van der Waals surface area contributed by atoms with Crippen LogP contribution in [0.15, 0.2) is 24.3 Å². The lowest BCUT2D eigenvalue weighted by molar-refractivity contribution is 0.0713. The molecule has 88 valence electrons. The number of hydrogen-bond acceptors (Lipinski definition) is 1. The SMILES string of the molecule is CC1CCCC(C(O)c2cccc(I)c2)C1. The molecular weight excluding hydrogens is 311 g/mol. The summed E-state index contributed by atoms with van der Waals surface area (Å²) in [6.07, 6.45) is 4.68. The van der Waals surface area contributed by atoms with Crippen molar-refractivity contribution in [3.63, 3.8) is 0 Å². The smallest absolute Gasteiger partial charge is 0.0818 e. The van der Waals surface area contributed by atoms with Gasteiger partial charge in [-0.1, -0.05) is 31.9 Å². The van der Waals surface area contributed by atoms with Gasteiger partial charge in [0, 0.05) is 3.57 Å². The highest BCUT2D eigenvalue weighted by Crippen LogP contribution is 2.37. The lowest BCUT2D eigenvalue weighted by Crippen LogP contribution is -2.20. The van der Waals surface area contributed by atoms with Gasteiger partial charge in [-0.2, -0.15) is 0 Å². The number of aliphatic hydroxyl groups excluding tert-OH is 1. The number of rotatable bonds is 2. The minimum atomic E-state index is -0.266. The Morgan fingerprint density at radius 2 is 2.19 bits per heavy atom. The largest absolute Gasteiger partial charge is 0.388 e. The first-order chi connectivity index (χ1) is 7.66. The van der Waals surface area contributed by atoms with Gasteiger partial charge in [-0.25, -0.2) is 0 Å². The third-order valence-electron chi connectivity index (χ3n) is 3.61. The average Bonchev–Trinajstić information content (AvgIpc) is 2.28. The van der Waals surface area contributed by atoms with E-state index in [0.29, 0.717) is 5.92 Å². The fourth-order valence-electron chi connectivity index (χ4n) is 2.73. The van der Waals surface area contributed by atoms with E-state index in [1.165, 1.54) is 29.3 Å². The van der Waals surface area contributed by atoms with Crippen LogP contribution in [0.3, 0.4) is 0 Å². The van der Waals surface area contributed by atoms with Crippen molar-refractivity contribution in [2.75, 3.05) is 0 Å². The van der Waals surface area contributed by atoms with Crippen LogP contribution in [0, 0.1) is 15.4 Å². The minimum Gasteiger partial charge on any atom is -0.388 e. The second kappa shape index (κ2) is 5.50. The molecule has 1 N–H and O–H groups in total. The molecule has 3 unspecified atom stereocenters. The Morgan fingerprint density at radius 3 is 2.88 bits per heavy atom. The van der Waals surface area contributed by atoms with Crippen LogP contribution in [0.25, 0.3) is 0 Å². The van der Waals surface area contributed by atoms with Crippen molar-refractivity contribution in [3.05, 3.63) is 33.4 Å². The van der Waals surface area contributed by atoms with Crippen molar-refractivity contribution < 1.29 is 5.11 Å². The van der Waals surface area contributed by atoms with E-state index in [1.54, 1.807) is 0 Å². The van der Waals surface area contributed by atoms with Crippen molar-refractivity contribution in [3.8, 4) is 0 Å². The minimum absolute atomic E-state index is 0.266. The number of aliphatic hydroxyl groups is 1. The molecule has 3 atom stereocenters. The zero-order valence-electron chi connectivity index (χ0n) is 9.70. The van der Waals surface area contributed by atoms with Crippen LogP contribution < -0.4 is 0 Å². The molecule has 2 rings (SSSR count). The molecule has 1 aliphatic carbocycles. The molecule has 0 aromatic heterocycles. The highest BCUT2D eigenvalue weighted by Gasteiger charge is 2.26. The second-order valence-corrected chi connectivity index (χ2v) is 6.28. The molecule has 2 heteroatoms. The fourth-order valence-corrected chi connectivity index (χ4v) is 3.30. The van der Waals surface area contributed by atoms with Crippen LogP contribution in [-0.4, -0.2) is 5.11 Å². The van der Waals surface area contributed by atoms with Crippen LogP contribution in [0.4, 0.5) is 0 Å². The summed E-state index contributed by atoms with van der Waals surface area (Å²) in [5.41, 5.74) is 1.09. The number of halogens is 1. The predicted octanol–water partition coefficient (Wildman–Crippen LogP) is 4.15. The van der Waals surface area contributed by atoms with E-state index < -0.39 is 0 Å². The maximum absolute atomic E-state index is 10.4. The van der Waals surface area contributed by atoms with Gasteiger partial charge in [0.15, 0.2) is 0 Å². The Kier molecular flexibility index (Phi) is 4.25. The summed E-state index contributed by atoms with van der Waals surface area (Å²) >= 11 is 2.30. The monoisotopic (exact) mass is 330 g/mol. The van der Waals surface area contributed by atoms with Gasteiger partial charge in [-0.15, -0.1) is 0 Å². The molecule has 0 aliphatic heterocycles. The molecule has 16 heavy (non-hydrogen) atoms. The zero-order valence-corrected chi connectivity index (χ0v) is 11.9. The van der Waals surface area contributed by atoms with Gasteiger partial charge >= 0.3 is 0 Å². The second-order valence-electron chi connectivity index (χ2n) is 5.03. The van der Waals surface area contributed by atoms with Gasteiger partial charge in [0.2, 0.25) is 0 Å². The Labute approximate surface area is 111 Å². The van der Waals surface area contributed by atoms with E-state index in [-0.39, 0.29) is 6.10 Å². The van der Waals surface area contributed by atoms with Gasteiger partial charge in [-0.3, -0.25) is 0 Å². The van der Waals surface area contributed by atoms with E-state index >= 15 is 0 Å². The summed E-state index contributed by atoms with van der Waals surface area (Å²) in [4.78, 5) is 0. The topological polar surface area (TPSA) is 20.2 Å². The van der Waals surface area contributed by atoms with Gasteiger partial charge in [0.05, 0.1) is 6.10 Å². The van der Waals surface area contributed by atoms with E-state index in [1.807, 2.05) is 12.1 Å². The van der Waals surface area contributed by atoms with Gasteiger partial charge in [0.25, 0.3) is 0 Å². The Balaban J connectivity index is 2.09. The van der Waals surface area contributed by atoms with Crippen LogP contribution in [0.2, 0.25) is 0 Å². The lowest BCUT2D eigenvalue weighted by Gasteiger charge is -2.30. The van der Waals surface area contributed by atoms with E-state index in [4.69, 9.17) is 0 Å². The van der Waals surface area contributed by atoms with Crippen molar-refractivity contribution >= 4 is 22.6 Å². The first-order valence-corrected chi connectivity index (χ1v) is 7.18. The molecule has 0 spiro atoms. The lowest BCUT2D eigenvalue weighted by atomic mass is 9.78. The maximum Gasteiger partial charge on any atom is 0.0818 e. The van der Waals surface area contributed by atoms with Crippen molar-refractivity contribution in [1.29, 1.82) is 0 Å². The first-order valence-electron chi connectivity index (χ1n) is 6.10. The molecule has 0 heterocycles. The molecule has 1 fully saturated rings. The van der Waals surface area contributed by atoms with Gasteiger partial charge in [-0.05, 0) is 65.0 Å². The molecule has 1 nitrogen and oxygen atoms in total. The molecule has 1 saturated carbocycles. The van der Waals surface area contributed by atoms with Crippen molar-refractivity contribution in [2.45, 2.75) is 38.7 Å². The van der Waals surface area contributed by atoms with E-state index in [2.05, 4.69) is 41.6 Å². The maximum atomic E-state index is 10.4. The molecule has 0 saturated heterocycles. The Bertz CT molecular complexity index is 350. The van der Waals surface area contributed by atoms with Gasteiger partial charge < -0.3 is 5.11 Å². The molecule has 1 aromatic rings. The molecule has 0 radical (unpaired) electrons. The fraction of sp³-hybridized carbons (Fsp3) is 0.571. The van der Waals surface area contributed by atoms with Crippen LogP contribution in [0.1, 0.15) is 44.3 Å². The molecule has 0 amide bonds. The van der Waals surface area contributed by atoms with Gasteiger partial charge in [0.1, 0.15) is 0 Å². The Hall–Kier alpha value is -0.0900. The summed E-state index contributed by atoms with van der Waals surface area (Å²) < 4.78 is 1.21. The summed E-state index contributed by atoms with van der Waals surface area (Å²) in [6, 6.07) is 8.25. The Morgan fingerprint density at radius 1 is 1.38 bits per heavy atom. The first kappa shape index (κ1) is 12.4. The van der Waals surface area contributed by atoms with E-state index in [9.17, 15) is 5.11 Å². The molecule has 1 aliphatic rings. The zero-order chi connectivity index (χ0) is 11.5. The third-order valence-corrected chi connectivity index (χ3v) is 4.28. The summed E-state index contributed by atoms with van der Waals surface area (Å²) in [5, 5.41) is 10.4. The molecular formula is C14H19IO. The number of benzene rings is 1. The third kappa shape index (κ3) is 2.98. The quantitative estimate of drug-likeness (QED) is 0.808. The molecule has 1 aromatic carbocycles. The van der Waals surface area contributed by atoms with Crippen LogP contribution in [-0.2, 0) is 0 Å². The van der Waals surface area contributed by atoms with Crippen molar-refractivity contribution in [1.82, 2.24) is 0 Å². The molecule has 0 bridgehead atoms. The summed E-state index contributed by atoms with van der Waals surface area (Å²) in [5.74, 6) is 1.23. The standard InChI is InChI=1S/C14H19IO/c1-10-4-2-5-11(8-10)14(16)12-6-3-7-13(15)9-12/h3,6-7,9-11,14,16H,2,4-5,8H2,1H3. The summed E-state index contributed by atoms with van der Waals surface area (Å²) in [6.45, 7) is 2.30. The highest BCUT2D eigenvalue weighted by atomic mass is 127. The van der Waals surface area contributed by atoms with E-state index in [0.717, 1.165) is 11.5 Å². The van der Waals surface area contributed by atoms with Crippen LogP contribution in [0.5, 0.6) is 0 Å². The average molecular weight is 330 g/mol. The predicted molar refractivity (Wildman–Crippen MR) is 75.2 cm³/mol. The number of hydrogen-bond donors (Lipinski definition) is 1. The van der Waals surface area contributed by atoms with Crippen molar-refractivity contribution in [2.24, 2.45) is 11.8 Å². The highest BCUT2D eigenvalue weighted by molar-refractivity contribution is 14.1. The van der Waals surface area contributed by atoms with Crippen LogP contribution >= 0.6 is 22.6 Å². The summed E-state index contributed by atoms with van der Waals surface area (Å²) in [7, 11) is 0.